The molecular weight excluding hydrogens is 426 g/mol. The van der Waals surface area contributed by atoms with Gasteiger partial charge in [0.1, 0.15) is 5.75 Å². The fourth-order valence-corrected chi connectivity index (χ4v) is 5.55. The van der Waals surface area contributed by atoms with Crippen molar-refractivity contribution in [3.63, 3.8) is 0 Å². The van der Waals surface area contributed by atoms with E-state index in [0.29, 0.717) is 5.75 Å². The Morgan fingerprint density at radius 2 is 1.26 bits per heavy atom. The molecule has 3 atom stereocenters. The van der Waals surface area contributed by atoms with E-state index in [0.717, 1.165) is 17.4 Å². The van der Waals surface area contributed by atoms with E-state index in [1.54, 1.807) is 0 Å². The number of rotatable bonds is 7. The molecule has 5 rings (SSSR count). The zero-order chi connectivity index (χ0) is 24.4. The summed E-state index contributed by atoms with van der Waals surface area (Å²) in [5.74, 6) is 0.544. The monoisotopic (exact) mass is 459 g/mol. The van der Waals surface area contributed by atoms with Crippen molar-refractivity contribution in [3.8, 4) is 5.75 Å². The van der Waals surface area contributed by atoms with Crippen LogP contribution in [0.15, 0.2) is 109 Å². The van der Waals surface area contributed by atoms with Gasteiger partial charge in [0.2, 0.25) is 0 Å². The van der Waals surface area contributed by atoms with Gasteiger partial charge in [-0.05, 0) is 65.0 Å². The predicted octanol–water partition coefficient (Wildman–Crippen LogP) is 8.63. The highest BCUT2D eigenvalue weighted by Crippen LogP contribution is 2.42. The van der Waals surface area contributed by atoms with Crippen LogP contribution in [0.4, 0.5) is 0 Å². The van der Waals surface area contributed by atoms with Gasteiger partial charge in [-0.25, -0.2) is 0 Å². The van der Waals surface area contributed by atoms with E-state index >= 15 is 0 Å². The second kappa shape index (κ2) is 9.93. The van der Waals surface area contributed by atoms with Crippen LogP contribution in [-0.4, -0.2) is 17.1 Å². The highest BCUT2D eigenvalue weighted by molar-refractivity contribution is 5.88. The molecule has 0 saturated heterocycles. The molecular formula is C33H33NO. The van der Waals surface area contributed by atoms with Crippen LogP contribution in [-0.2, 0) is 0 Å². The topological polar surface area (TPSA) is 23.5 Å². The lowest BCUT2D eigenvalue weighted by Crippen LogP contribution is -2.29. The van der Waals surface area contributed by atoms with Crippen LogP contribution in [0, 0.1) is 0 Å². The first kappa shape index (κ1) is 23.1. The third-order valence-electron chi connectivity index (χ3n) is 7.58. The number of phenols is 1. The van der Waals surface area contributed by atoms with Gasteiger partial charge in [-0.1, -0.05) is 110 Å². The van der Waals surface area contributed by atoms with E-state index in [9.17, 15) is 5.11 Å². The minimum atomic E-state index is 0.162. The van der Waals surface area contributed by atoms with Gasteiger partial charge in [-0.15, -0.1) is 0 Å². The Kier molecular flexibility index (Phi) is 6.57. The Bertz CT molecular complexity index is 1440. The van der Waals surface area contributed by atoms with Gasteiger partial charge in [0.15, 0.2) is 0 Å². The Hall–Kier alpha value is -3.62. The molecule has 5 aromatic rings. The molecule has 2 unspecified atom stereocenters. The van der Waals surface area contributed by atoms with Gasteiger partial charge >= 0.3 is 0 Å². The van der Waals surface area contributed by atoms with Crippen molar-refractivity contribution >= 4 is 21.5 Å². The van der Waals surface area contributed by atoms with E-state index in [1.165, 1.54) is 27.3 Å². The van der Waals surface area contributed by atoms with Gasteiger partial charge in [0.05, 0.1) is 0 Å². The van der Waals surface area contributed by atoms with Crippen molar-refractivity contribution in [2.45, 2.75) is 38.3 Å². The zero-order valence-corrected chi connectivity index (χ0v) is 20.7. The van der Waals surface area contributed by atoms with Gasteiger partial charge in [-0.3, -0.25) is 4.90 Å². The molecule has 0 saturated carbocycles. The van der Waals surface area contributed by atoms with Gasteiger partial charge in [0, 0.05) is 17.6 Å². The minimum Gasteiger partial charge on any atom is -0.508 e. The number of fused-ring (bicyclic) bond motifs is 2. The van der Waals surface area contributed by atoms with Crippen molar-refractivity contribution in [2.24, 2.45) is 0 Å². The van der Waals surface area contributed by atoms with E-state index in [-0.39, 0.29) is 18.0 Å². The average molecular weight is 460 g/mol. The van der Waals surface area contributed by atoms with Crippen molar-refractivity contribution < 1.29 is 5.11 Å². The number of nitrogens with zero attached hydrogens (tertiary/aromatic N) is 1. The van der Waals surface area contributed by atoms with Gasteiger partial charge < -0.3 is 5.11 Å². The largest absolute Gasteiger partial charge is 0.508 e. The second-order valence-electron chi connectivity index (χ2n) is 9.69. The molecule has 35 heavy (non-hydrogen) atoms. The highest BCUT2D eigenvalue weighted by atomic mass is 16.3. The van der Waals surface area contributed by atoms with Crippen LogP contribution < -0.4 is 0 Å². The van der Waals surface area contributed by atoms with E-state index in [1.807, 2.05) is 12.1 Å². The summed E-state index contributed by atoms with van der Waals surface area (Å²) in [5.41, 5.74) is 3.68. The molecule has 0 aliphatic heterocycles. The molecule has 2 nitrogen and oxygen atoms in total. The molecule has 0 radical (unpaired) electrons. The van der Waals surface area contributed by atoms with Crippen LogP contribution in [0.5, 0.6) is 5.75 Å². The molecule has 176 valence electrons. The zero-order valence-electron chi connectivity index (χ0n) is 20.7. The predicted molar refractivity (Wildman–Crippen MR) is 148 cm³/mol. The van der Waals surface area contributed by atoms with Crippen molar-refractivity contribution in [1.82, 2.24) is 4.90 Å². The normalized spacial score (nSPS) is 14.3. The standard InChI is InChI=1S/C33H33NO/c1-23(33-29-18-10-8-15-27(29)20-21-32(33)35)22-31(34(3)24(2)25-12-5-4-6-13-25)30-19-11-16-26-14-7-9-17-28(26)30/h4-21,23-24,31,35H,22H2,1-3H3/t23?,24-,31?/m0/s1. The molecule has 5 aromatic carbocycles. The SMILES string of the molecule is CC(CC(c1cccc2ccccc12)N(C)[C@@H](C)c1ccccc1)c1c(O)ccc2ccccc12. The number of aromatic hydroxyl groups is 1. The van der Waals surface area contributed by atoms with Crippen molar-refractivity contribution in [2.75, 3.05) is 7.05 Å². The summed E-state index contributed by atoms with van der Waals surface area (Å²) in [4.78, 5) is 2.50. The Morgan fingerprint density at radius 3 is 2.00 bits per heavy atom. The van der Waals surface area contributed by atoms with E-state index in [2.05, 4.69) is 123 Å². The Balaban J connectivity index is 1.60. The van der Waals surface area contributed by atoms with Crippen LogP contribution in [0.25, 0.3) is 21.5 Å². The maximum absolute atomic E-state index is 10.9. The number of hydrogen-bond acceptors (Lipinski definition) is 2. The molecule has 1 N–H and O–H groups in total. The number of phenolic OH excluding ortho intramolecular Hbond substituents is 1. The fourth-order valence-electron chi connectivity index (χ4n) is 5.55. The van der Waals surface area contributed by atoms with Crippen molar-refractivity contribution in [1.29, 1.82) is 0 Å². The summed E-state index contributed by atoms with van der Waals surface area (Å²) in [5, 5.41) is 15.8. The molecule has 0 spiro atoms. The maximum Gasteiger partial charge on any atom is 0.119 e. The summed E-state index contributed by atoms with van der Waals surface area (Å²) in [6.45, 7) is 4.54. The van der Waals surface area contributed by atoms with E-state index < -0.39 is 0 Å². The van der Waals surface area contributed by atoms with Gasteiger partial charge in [0.25, 0.3) is 0 Å². The first-order valence-corrected chi connectivity index (χ1v) is 12.5. The van der Waals surface area contributed by atoms with E-state index in [4.69, 9.17) is 0 Å². The lowest BCUT2D eigenvalue weighted by atomic mass is 9.85. The molecule has 0 aliphatic rings. The number of benzene rings is 5. The quantitative estimate of drug-likeness (QED) is 0.263. The summed E-state index contributed by atoms with van der Waals surface area (Å²) in [7, 11) is 2.24. The molecule has 0 bridgehead atoms. The molecule has 0 aromatic heterocycles. The second-order valence-corrected chi connectivity index (χ2v) is 9.69. The smallest absolute Gasteiger partial charge is 0.119 e. The lowest BCUT2D eigenvalue weighted by Gasteiger charge is -2.36. The first-order valence-electron chi connectivity index (χ1n) is 12.5. The maximum atomic E-state index is 10.9. The summed E-state index contributed by atoms with van der Waals surface area (Å²) in [6.07, 6.45) is 0.892. The molecule has 0 amide bonds. The molecule has 0 fully saturated rings. The lowest BCUT2D eigenvalue weighted by molar-refractivity contribution is 0.171. The summed E-state index contributed by atoms with van der Waals surface area (Å²) in [6, 6.07) is 38.7. The summed E-state index contributed by atoms with van der Waals surface area (Å²) >= 11 is 0. The molecule has 0 aliphatic carbocycles. The number of hydrogen-bond donors (Lipinski definition) is 1. The molecule has 2 heteroatoms. The Labute approximate surface area is 208 Å². The third-order valence-corrected chi connectivity index (χ3v) is 7.58. The van der Waals surface area contributed by atoms with Crippen molar-refractivity contribution in [3.05, 3.63) is 126 Å². The van der Waals surface area contributed by atoms with Gasteiger partial charge in [-0.2, -0.15) is 0 Å². The first-order chi connectivity index (χ1) is 17.0. The van der Waals surface area contributed by atoms with Crippen LogP contribution >= 0.6 is 0 Å². The minimum absolute atomic E-state index is 0.162. The van der Waals surface area contributed by atoms with Crippen LogP contribution in [0.1, 0.15) is 55.0 Å². The summed E-state index contributed by atoms with van der Waals surface area (Å²) < 4.78 is 0. The highest BCUT2D eigenvalue weighted by Gasteiger charge is 2.27. The fraction of sp³-hybridized carbons (Fsp3) is 0.212. The van der Waals surface area contributed by atoms with Crippen LogP contribution in [0.2, 0.25) is 0 Å². The third kappa shape index (κ3) is 4.54. The van der Waals surface area contributed by atoms with Crippen LogP contribution in [0.3, 0.4) is 0 Å². The average Bonchev–Trinajstić information content (AvgIpc) is 2.91. The Morgan fingerprint density at radius 1 is 0.657 bits per heavy atom. The molecule has 0 heterocycles.